The summed E-state index contributed by atoms with van der Waals surface area (Å²) in [5, 5.41) is 9.99. The first kappa shape index (κ1) is 30.6. The average Bonchev–Trinajstić information content (AvgIpc) is 3.19. The Morgan fingerprint density at radius 3 is 2.43 bits per heavy atom. The third-order valence-electron chi connectivity index (χ3n) is 6.43. The number of hydrogen-bond donors (Lipinski definition) is 2. The number of carbonyl (C=O) groups excluding carboxylic acids is 1. The minimum Gasteiger partial charge on any atom is -0.496 e. The first-order chi connectivity index (χ1) is 17.5. The van der Waals surface area contributed by atoms with Gasteiger partial charge in [-0.15, -0.1) is 0 Å². The molecule has 0 aliphatic heterocycles. The zero-order chi connectivity index (χ0) is 27.8. The van der Waals surface area contributed by atoms with Crippen molar-refractivity contribution in [2.75, 3.05) is 19.0 Å². The number of hydrogen-bond acceptors (Lipinski definition) is 6. The van der Waals surface area contributed by atoms with Crippen molar-refractivity contribution in [1.29, 1.82) is 0 Å². The molecule has 0 spiro atoms. The van der Waals surface area contributed by atoms with Crippen LogP contribution >= 0.6 is 11.6 Å². The lowest BCUT2D eigenvalue weighted by Gasteiger charge is -2.26. The molecule has 1 aliphatic rings. The Balaban J connectivity index is 0.00000153. The first-order valence-corrected chi connectivity index (χ1v) is 13.0. The van der Waals surface area contributed by atoms with Crippen molar-refractivity contribution in [2.24, 2.45) is 11.8 Å². The highest BCUT2D eigenvalue weighted by Crippen LogP contribution is 2.39. The maximum atomic E-state index is 12.9. The van der Waals surface area contributed by atoms with Gasteiger partial charge in [-0.05, 0) is 50.7 Å². The summed E-state index contributed by atoms with van der Waals surface area (Å²) in [4.78, 5) is 12.9. The van der Waals surface area contributed by atoms with Crippen molar-refractivity contribution >= 4 is 34.8 Å². The van der Waals surface area contributed by atoms with Gasteiger partial charge in [0.15, 0.2) is 5.69 Å². The number of aryl methyl sites for hydroxylation is 1. The lowest BCUT2D eigenvalue weighted by atomic mass is 9.83. The highest BCUT2D eigenvalue weighted by atomic mass is 35.5. The number of amides is 1. The molecule has 37 heavy (non-hydrogen) atoms. The minimum absolute atomic E-state index is 0.123. The van der Waals surface area contributed by atoms with Gasteiger partial charge in [0, 0.05) is 30.4 Å². The number of benzene rings is 1. The van der Waals surface area contributed by atoms with Gasteiger partial charge in [-0.3, -0.25) is 9.48 Å². The number of nitrogens with one attached hydrogen (secondary N) is 2. The summed E-state index contributed by atoms with van der Waals surface area (Å²) < 4.78 is 62.4. The molecule has 3 rings (SSSR count). The highest BCUT2D eigenvalue weighted by Gasteiger charge is 2.36. The van der Waals surface area contributed by atoms with Gasteiger partial charge >= 0.3 is 17.7 Å². The smallest absolute Gasteiger partial charge is 0.408 e. The van der Waals surface area contributed by atoms with Crippen LogP contribution in [-0.4, -0.2) is 50.0 Å². The van der Waals surface area contributed by atoms with E-state index in [2.05, 4.69) is 22.7 Å². The predicted octanol–water partition coefficient (Wildman–Crippen LogP) is 5.48. The average molecular weight is 565 g/mol. The van der Waals surface area contributed by atoms with Crippen LogP contribution in [0.3, 0.4) is 0 Å². The summed E-state index contributed by atoms with van der Waals surface area (Å²) in [6, 6.07) is 2.89. The van der Waals surface area contributed by atoms with Gasteiger partial charge in [0.05, 0.1) is 17.8 Å². The number of rotatable bonds is 8. The summed E-state index contributed by atoms with van der Waals surface area (Å²) in [6.07, 6.45) is 0.140. The molecule has 1 fully saturated rings. The van der Waals surface area contributed by atoms with Gasteiger partial charge in [-0.1, -0.05) is 31.4 Å². The third kappa shape index (κ3) is 8.19. The fourth-order valence-corrected chi connectivity index (χ4v) is 4.56. The monoisotopic (exact) mass is 564 g/mol. The second-order valence-electron chi connectivity index (χ2n) is 9.05. The van der Waals surface area contributed by atoms with Gasteiger partial charge in [-0.2, -0.15) is 26.7 Å². The Hall–Kier alpha value is -2.60. The number of methoxy groups -OCH3 is 1. The van der Waals surface area contributed by atoms with E-state index >= 15 is 0 Å². The zero-order valence-corrected chi connectivity index (χ0v) is 22.7. The molecular weight excluding hydrogens is 533 g/mol. The standard InChI is InChI=1S/C24H32ClF3N4O2.O2S/c1-5-32-22(18-11-10-17(12-19(18)34-4)30-15(3)24(26,27)28)20(25)21(31-32)23(33)29-13-16-8-6-14(2)7-9-16;1-3-2/h10-12,14-16,30H,5-9,13H2,1-4H3,(H,29,33);. The predicted molar refractivity (Wildman–Crippen MR) is 136 cm³/mol. The van der Waals surface area contributed by atoms with Crippen LogP contribution in [0.1, 0.15) is 56.9 Å². The summed E-state index contributed by atoms with van der Waals surface area (Å²) in [7, 11) is 1.43. The normalized spacial score (nSPS) is 18.3. The van der Waals surface area contributed by atoms with Crippen LogP contribution in [0.4, 0.5) is 18.9 Å². The number of ether oxygens (including phenoxy) is 1. The van der Waals surface area contributed by atoms with Crippen molar-refractivity contribution < 1.29 is 31.1 Å². The van der Waals surface area contributed by atoms with Crippen LogP contribution in [0.15, 0.2) is 18.2 Å². The van der Waals surface area contributed by atoms with Crippen LogP contribution < -0.4 is 15.4 Å². The molecule has 2 aromatic rings. The number of anilines is 1. The van der Waals surface area contributed by atoms with Crippen molar-refractivity contribution in [3.05, 3.63) is 28.9 Å². The van der Waals surface area contributed by atoms with Crippen molar-refractivity contribution in [1.82, 2.24) is 15.1 Å². The molecule has 0 radical (unpaired) electrons. The minimum atomic E-state index is -4.38. The van der Waals surface area contributed by atoms with Crippen molar-refractivity contribution in [3.8, 4) is 17.0 Å². The molecule has 2 N–H and O–H groups in total. The fourth-order valence-electron chi connectivity index (χ4n) is 4.23. The van der Waals surface area contributed by atoms with E-state index in [0.717, 1.165) is 25.7 Å². The van der Waals surface area contributed by atoms with Crippen LogP contribution in [0.25, 0.3) is 11.3 Å². The molecule has 0 bridgehead atoms. The van der Waals surface area contributed by atoms with E-state index in [9.17, 15) is 18.0 Å². The van der Waals surface area contributed by atoms with Crippen molar-refractivity contribution in [2.45, 2.75) is 65.2 Å². The highest BCUT2D eigenvalue weighted by molar-refractivity contribution is 7.51. The van der Waals surface area contributed by atoms with Crippen LogP contribution in [0, 0.1) is 11.8 Å². The van der Waals surface area contributed by atoms with Crippen LogP contribution in [0.2, 0.25) is 5.02 Å². The fraction of sp³-hybridized carbons (Fsp3) is 0.583. The number of nitrogens with zero attached hydrogens (tertiary/aromatic N) is 2. The van der Waals surface area contributed by atoms with E-state index in [-0.39, 0.29) is 22.3 Å². The number of carbonyl (C=O) groups is 1. The van der Waals surface area contributed by atoms with E-state index in [0.29, 0.717) is 36.0 Å². The number of aromatic nitrogens is 2. The lowest BCUT2D eigenvalue weighted by Crippen LogP contribution is -2.33. The molecule has 1 aromatic heterocycles. The lowest BCUT2D eigenvalue weighted by molar-refractivity contribution is -0.138. The zero-order valence-electron chi connectivity index (χ0n) is 21.2. The van der Waals surface area contributed by atoms with E-state index in [1.165, 1.54) is 32.1 Å². The maximum Gasteiger partial charge on any atom is 0.408 e. The Labute approximate surface area is 222 Å². The second kappa shape index (κ2) is 13.8. The molecule has 1 unspecified atom stereocenters. The van der Waals surface area contributed by atoms with E-state index < -0.39 is 23.8 Å². The SMILES string of the molecule is CCn1nc(C(=O)NCC2CCC(C)CC2)c(Cl)c1-c1ccc(NC(C)C(F)(F)F)cc1OC.O=S=O. The third-order valence-corrected chi connectivity index (χ3v) is 6.78. The molecule has 1 saturated carbocycles. The Kier molecular flexibility index (Phi) is 11.4. The summed E-state index contributed by atoms with van der Waals surface area (Å²) in [5.74, 6) is 1.16. The quantitative estimate of drug-likeness (QED) is 0.440. The summed E-state index contributed by atoms with van der Waals surface area (Å²) >= 11 is 5.88. The topological polar surface area (TPSA) is 102 Å². The molecule has 206 valence electrons. The largest absolute Gasteiger partial charge is 0.496 e. The molecule has 1 atom stereocenters. The van der Waals surface area contributed by atoms with Crippen LogP contribution in [-0.2, 0) is 18.1 Å². The molecule has 1 heterocycles. The molecule has 8 nitrogen and oxygen atoms in total. The molecule has 13 heteroatoms. The number of halogens is 4. The van der Waals surface area contributed by atoms with E-state index in [4.69, 9.17) is 24.8 Å². The maximum absolute atomic E-state index is 12.9. The molecule has 0 saturated heterocycles. The van der Waals surface area contributed by atoms with Gasteiger partial charge in [-0.25, -0.2) is 0 Å². The van der Waals surface area contributed by atoms with Gasteiger partial charge in [0.25, 0.3) is 5.91 Å². The van der Waals surface area contributed by atoms with Gasteiger partial charge in [0.1, 0.15) is 11.8 Å². The molecule has 1 aromatic carbocycles. The summed E-state index contributed by atoms with van der Waals surface area (Å²) in [5.41, 5.74) is 1.39. The van der Waals surface area contributed by atoms with E-state index in [1.54, 1.807) is 10.7 Å². The number of alkyl halides is 3. The molecule has 1 amide bonds. The van der Waals surface area contributed by atoms with Gasteiger partial charge in [0.2, 0.25) is 0 Å². The Morgan fingerprint density at radius 2 is 1.89 bits per heavy atom. The Bertz CT molecular complexity index is 1100. The Morgan fingerprint density at radius 1 is 1.27 bits per heavy atom. The van der Waals surface area contributed by atoms with Gasteiger partial charge < -0.3 is 15.4 Å². The second-order valence-corrected chi connectivity index (χ2v) is 9.57. The van der Waals surface area contributed by atoms with Crippen LogP contribution in [0.5, 0.6) is 5.75 Å². The summed E-state index contributed by atoms with van der Waals surface area (Å²) in [6.45, 7) is 6.18. The molecule has 1 aliphatic carbocycles. The first-order valence-electron chi connectivity index (χ1n) is 11.9. The van der Waals surface area contributed by atoms with E-state index in [1.807, 2.05) is 6.92 Å². The van der Waals surface area contributed by atoms with Crippen molar-refractivity contribution in [3.63, 3.8) is 0 Å². The molecular formula is C24H32ClF3N4O4S.